The van der Waals surface area contributed by atoms with Gasteiger partial charge in [-0.3, -0.25) is 14.6 Å². The van der Waals surface area contributed by atoms with E-state index in [1.807, 2.05) is 78.9 Å². The number of benzene rings is 3. The van der Waals surface area contributed by atoms with Crippen LogP contribution >= 0.6 is 0 Å². The third-order valence-electron chi connectivity index (χ3n) is 7.39. The van der Waals surface area contributed by atoms with Crippen molar-refractivity contribution in [3.8, 4) is 11.5 Å². The number of fused-ring (bicyclic) bond motifs is 1. The summed E-state index contributed by atoms with van der Waals surface area (Å²) in [6.45, 7) is 0.174. The molecule has 0 radical (unpaired) electrons. The first kappa shape index (κ1) is 24.6. The van der Waals surface area contributed by atoms with Crippen LogP contribution in [0.4, 0.5) is 0 Å². The van der Waals surface area contributed by atoms with Crippen LogP contribution < -0.4 is 4.74 Å². The number of ether oxygens (including phenoxy) is 1. The highest BCUT2D eigenvalue weighted by Gasteiger charge is 2.46. The third kappa shape index (κ3) is 4.93. The van der Waals surface area contributed by atoms with E-state index < -0.39 is 17.7 Å². The molecule has 6 heteroatoms. The second kappa shape index (κ2) is 10.6. The highest BCUT2D eigenvalue weighted by Crippen LogP contribution is 2.41. The van der Waals surface area contributed by atoms with E-state index in [0.717, 1.165) is 31.2 Å². The number of likely N-dealkylation sites (tertiary alicyclic amines) is 1. The molecule has 6 rings (SSSR count). The molecule has 1 aromatic heterocycles. The van der Waals surface area contributed by atoms with E-state index >= 15 is 0 Å². The molecule has 0 saturated carbocycles. The zero-order valence-electron chi connectivity index (χ0n) is 21.4. The Morgan fingerprint density at radius 1 is 0.872 bits per heavy atom. The SMILES string of the molecule is O=C1C(=O)N(Cc2cccnc2)C(c2cccc(Oc3ccccc3)c2)/C1=C(/O)c1ccc2c(c1)CCCC2. The van der Waals surface area contributed by atoms with E-state index in [0.29, 0.717) is 22.6 Å². The minimum absolute atomic E-state index is 0.0801. The summed E-state index contributed by atoms with van der Waals surface area (Å²) in [5.41, 5.74) is 4.55. The summed E-state index contributed by atoms with van der Waals surface area (Å²) in [5, 5.41) is 11.6. The number of aromatic nitrogens is 1. The number of nitrogens with zero attached hydrogens (tertiary/aromatic N) is 2. The lowest BCUT2D eigenvalue weighted by atomic mass is 9.88. The molecule has 1 saturated heterocycles. The lowest BCUT2D eigenvalue weighted by Gasteiger charge is -2.26. The van der Waals surface area contributed by atoms with E-state index in [1.165, 1.54) is 16.0 Å². The van der Waals surface area contributed by atoms with E-state index in [4.69, 9.17) is 4.74 Å². The molecule has 4 aromatic rings. The fraction of sp³-hybridized carbons (Fsp3) is 0.182. The molecule has 6 nitrogen and oxygen atoms in total. The Morgan fingerprint density at radius 3 is 2.46 bits per heavy atom. The van der Waals surface area contributed by atoms with Gasteiger partial charge in [-0.1, -0.05) is 48.5 Å². The van der Waals surface area contributed by atoms with Crippen molar-refractivity contribution < 1.29 is 19.4 Å². The van der Waals surface area contributed by atoms with Crippen LogP contribution in [0.2, 0.25) is 0 Å². The molecule has 1 atom stereocenters. The quantitative estimate of drug-likeness (QED) is 0.183. The number of pyridine rings is 1. The molecule has 0 spiro atoms. The van der Waals surface area contributed by atoms with Crippen LogP contribution in [-0.2, 0) is 29.0 Å². The van der Waals surface area contributed by atoms with Crippen molar-refractivity contribution in [3.63, 3.8) is 0 Å². The highest BCUT2D eigenvalue weighted by atomic mass is 16.5. The number of ketones is 1. The number of rotatable bonds is 6. The van der Waals surface area contributed by atoms with Crippen LogP contribution in [0, 0.1) is 0 Å². The van der Waals surface area contributed by atoms with E-state index in [2.05, 4.69) is 4.98 Å². The Labute approximate surface area is 227 Å². The van der Waals surface area contributed by atoms with Gasteiger partial charge in [0.05, 0.1) is 11.6 Å². The normalized spacial score (nSPS) is 18.2. The second-order valence-corrected chi connectivity index (χ2v) is 9.97. The maximum Gasteiger partial charge on any atom is 0.295 e. The summed E-state index contributed by atoms with van der Waals surface area (Å²) < 4.78 is 6.05. The molecule has 2 aliphatic rings. The number of amides is 1. The van der Waals surface area contributed by atoms with Crippen LogP contribution in [-0.4, -0.2) is 26.7 Å². The molecule has 39 heavy (non-hydrogen) atoms. The van der Waals surface area contributed by atoms with Gasteiger partial charge in [-0.2, -0.15) is 0 Å². The van der Waals surface area contributed by atoms with Crippen molar-refractivity contribution in [2.24, 2.45) is 0 Å². The molecule has 1 N–H and O–H groups in total. The first-order valence-corrected chi connectivity index (χ1v) is 13.2. The molecular formula is C33H28N2O4. The van der Waals surface area contributed by atoms with Crippen molar-refractivity contribution >= 4 is 17.4 Å². The van der Waals surface area contributed by atoms with E-state index in [-0.39, 0.29) is 17.9 Å². The number of Topliss-reactive ketones (excluding diaryl/α,β-unsaturated/α-hetero) is 1. The highest BCUT2D eigenvalue weighted by molar-refractivity contribution is 6.46. The third-order valence-corrected chi connectivity index (χ3v) is 7.39. The van der Waals surface area contributed by atoms with Crippen molar-refractivity contribution in [1.29, 1.82) is 0 Å². The van der Waals surface area contributed by atoms with Gasteiger partial charge >= 0.3 is 0 Å². The standard InChI is InChI=1S/C33H28N2O4/c36-31(26-16-15-23-9-4-5-10-24(23)18-26)29-30(35(33(38)32(29)37)21-22-8-7-17-34-20-22)25-11-6-14-28(19-25)39-27-12-2-1-3-13-27/h1-3,6-8,11-20,30,36H,4-5,9-10,21H2/b31-29-. The smallest absolute Gasteiger partial charge is 0.295 e. The van der Waals surface area contributed by atoms with Gasteiger partial charge in [-0.05, 0) is 84.3 Å². The van der Waals surface area contributed by atoms with Gasteiger partial charge < -0.3 is 14.7 Å². The van der Waals surface area contributed by atoms with Crippen LogP contribution in [0.3, 0.4) is 0 Å². The first-order valence-electron chi connectivity index (χ1n) is 13.2. The van der Waals surface area contributed by atoms with Crippen molar-refractivity contribution in [2.75, 3.05) is 0 Å². The topological polar surface area (TPSA) is 79.7 Å². The van der Waals surface area contributed by atoms with Gasteiger partial charge in [0.2, 0.25) is 0 Å². The lowest BCUT2D eigenvalue weighted by molar-refractivity contribution is -0.140. The summed E-state index contributed by atoms with van der Waals surface area (Å²) in [4.78, 5) is 32.6. The van der Waals surface area contributed by atoms with Crippen LogP contribution in [0.5, 0.6) is 11.5 Å². The number of aliphatic hydroxyl groups excluding tert-OH is 1. The van der Waals surface area contributed by atoms with Gasteiger partial charge in [-0.25, -0.2) is 0 Å². The predicted octanol–water partition coefficient (Wildman–Crippen LogP) is 6.37. The lowest BCUT2D eigenvalue weighted by Crippen LogP contribution is -2.29. The molecule has 1 unspecified atom stereocenters. The summed E-state index contributed by atoms with van der Waals surface area (Å²) in [6.07, 6.45) is 7.54. The Morgan fingerprint density at radius 2 is 1.67 bits per heavy atom. The number of aryl methyl sites for hydroxylation is 2. The van der Waals surface area contributed by atoms with Gasteiger partial charge in [0.25, 0.3) is 11.7 Å². The summed E-state index contributed by atoms with van der Waals surface area (Å²) in [6, 6.07) is 25.4. The molecule has 0 bridgehead atoms. The molecule has 1 aliphatic carbocycles. The van der Waals surface area contributed by atoms with E-state index in [1.54, 1.807) is 18.5 Å². The minimum Gasteiger partial charge on any atom is -0.507 e. The second-order valence-electron chi connectivity index (χ2n) is 9.97. The zero-order chi connectivity index (χ0) is 26.8. The number of aliphatic hydroxyl groups is 1. The summed E-state index contributed by atoms with van der Waals surface area (Å²) in [5.74, 6) is -0.270. The summed E-state index contributed by atoms with van der Waals surface area (Å²) in [7, 11) is 0. The minimum atomic E-state index is -0.791. The number of hydrogen-bond donors (Lipinski definition) is 1. The largest absolute Gasteiger partial charge is 0.507 e. The maximum atomic E-state index is 13.5. The fourth-order valence-electron chi connectivity index (χ4n) is 5.49. The molecular weight excluding hydrogens is 488 g/mol. The Kier molecular flexibility index (Phi) is 6.68. The number of carbonyl (C=O) groups is 2. The first-order chi connectivity index (χ1) is 19.1. The summed E-state index contributed by atoms with van der Waals surface area (Å²) >= 11 is 0. The van der Waals surface area contributed by atoms with Crippen LogP contribution in [0.25, 0.3) is 5.76 Å². The number of carbonyl (C=O) groups excluding carboxylic acids is 2. The van der Waals surface area contributed by atoms with Crippen molar-refractivity contribution in [3.05, 3.63) is 131 Å². The maximum absolute atomic E-state index is 13.5. The predicted molar refractivity (Wildman–Crippen MR) is 148 cm³/mol. The Hall–Kier alpha value is -4.71. The average molecular weight is 517 g/mol. The van der Waals surface area contributed by atoms with Crippen LogP contribution in [0.1, 0.15) is 46.7 Å². The molecule has 2 heterocycles. The van der Waals surface area contributed by atoms with Crippen molar-refractivity contribution in [2.45, 2.75) is 38.3 Å². The molecule has 1 amide bonds. The van der Waals surface area contributed by atoms with Gasteiger partial charge in [0.15, 0.2) is 0 Å². The van der Waals surface area contributed by atoms with Crippen molar-refractivity contribution in [1.82, 2.24) is 9.88 Å². The molecule has 194 valence electrons. The number of hydrogen-bond acceptors (Lipinski definition) is 5. The fourth-order valence-corrected chi connectivity index (χ4v) is 5.49. The van der Waals surface area contributed by atoms with Gasteiger partial charge in [0.1, 0.15) is 17.3 Å². The molecule has 1 aliphatic heterocycles. The van der Waals surface area contributed by atoms with Crippen LogP contribution in [0.15, 0.2) is 103 Å². The average Bonchev–Trinajstić information content (AvgIpc) is 3.22. The molecule has 1 fully saturated rings. The van der Waals surface area contributed by atoms with Gasteiger partial charge in [0, 0.05) is 24.5 Å². The van der Waals surface area contributed by atoms with E-state index in [9.17, 15) is 14.7 Å². The monoisotopic (exact) mass is 516 g/mol. The number of para-hydroxylation sites is 1. The Bertz CT molecular complexity index is 1560. The van der Waals surface area contributed by atoms with Gasteiger partial charge in [-0.15, -0.1) is 0 Å². The zero-order valence-corrected chi connectivity index (χ0v) is 21.4. The Balaban J connectivity index is 1.45. The molecule has 3 aromatic carbocycles.